The minimum atomic E-state index is -0.368. The number of amides is 1. The molecule has 6 heteroatoms. The van der Waals surface area contributed by atoms with Crippen LogP contribution >= 0.6 is 11.3 Å². The molecule has 2 aliphatic carbocycles. The van der Waals surface area contributed by atoms with Crippen LogP contribution in [0.15, 0.2) is 0 Å². The maximum atomic E-state index is 12.2. The van der Waals surface area contributed by atoms with E-state index in [0.29, 0.717) is 16.5 Å². The summed E-state index contributed by atoms with van der Waals surface area (Å²) in [7, 11) is 0. The molecule has 0 aliphatic heterocycles. The molecule has 0 bridgehead atoms. The van der Waals surface area contributed by atoms with Crippen molar-refractivity contribution in [2.45, 2.75) is 58.3 Å². The number of nitrogens with zero attached hydrogens (tertiary/aromatic N) is 1. The molecular formula is C19H24N2O3S. The van der Waals surface area contributed by atoms with Gasteiger partial charge in [0.05, 0.1) is 11.5 Å². The van der Waals surface area contributed by atoms with E-state index >= 15 is 0 Å². The summed E-state index contributed by atoms with van der Waals surface area (Å²) in [5.74, 6) is -0.0913. The van der Waals surface area contributed by atoms with Gasteiger partial charge in [-0.1, -0.05) is 26.2 Å². The first-order valence-electron chi connectivity index (χ1n) is 9.09. The second-order valence-electron chi connectivity index (χ2n) is 7.16. The Morgan fingerprint density at radius 1 is 1.28 bits per heavy atom. The molecule has 1 N–H and O–H groups in total. The van der Waals surface area contributed by atoms with Crippen molar-refractivity contribution in [3.05, 3.63) is 16.0 Å². The van der Waals surface area contributed by atoms with Crippen molar-refractivity contribution in [3.8, 4) is 6.07 Å². The molecule has 134 valence electrons. The smallest absolute Gasteiger partial charge is 0.309 e. The molecule has 1 fully saturated rings. The molecule has 1 aromatic heterocycles. The van der Waals surface area contributed by atoms with E-state index in [1.807, 2.05) is 0 Å². The highest BCUT2D eigenvalue weighted by molar-refractivity contribution is 7.16. The van der Waals surface area contributed by atoms with E-state index in [0.717, 1.165) is 50.5 Å². The zero-order valence-corrected chi connectivity index (χ0v) is 15.4. The van der Waals surface area contributed by atoms with Crippen molar-refractivity contribution >= 4 is 28.2 Å². The number of hydrogen-bond donors (Lipinski definition) is 1. The Morgan fingerprint density at radius 3 is 2.76 bits per heavy atom. The predicted octanol–water partition coefficient (Wildman–Crippen LogP) is 3.81. The largest absolute Gasteiger partial charge is 0.455 e. The third-order valence-electron chi connectivity index (χ3n) is 5.16. The molecule has 0 saturated heterocycles. The molecule has 5 nitrogen and oxygen atoms in total. The second-order valence-corrected chi connectivity index (χ2v) is 8.26. The third kappa shape index (κ3) is 4.21. The zero-order valence-electron chi connectivity index (χ0n) is 14.6. The van der Waals surface area contributed by atoms with Gasteiger partial charge in [0.2, 0.25) is 0 Å². The van der Waals surface area contributed by atoms with Crippen LogP contribution < -0.4 is 5.32 Å². The van der Waals surface area contributed by atoms with Gasteiger partial charge in [0, 0.05) is 4.88 Å². The number of carbonyl (C=O) groups is 2. The highest BCUT2D eigenvalue weighted by Gasteiger charge is 2.26. The molecule has 0 spiro atoms. The standard InChI is InChI=1S/C19H24N2O3S/c1-12-7-8-14-15(10-20)18(25-16(14)9-12)21-17(22)11-24-19(23)13-5-3-2-4-6-13/h12-13H,2-9,11H2,1H3,(H,21,22). The van der Waals surface area contributed by atoms with Crippen LogP contribution in [0.25, 0.3) is 0 Å². The summed E-state index contributed by atoms with van der Waals surface area (Å²) in [6.45, 7) is 1.93. The van der Waals surface area contributed by atoms with Crippen LogP contribution in [0.5, 0.6) is 0 Å². The Labute approximate surface area is 152 Å². The van der Waals surface area contributed by atoms with Crippen LogP contribution in [-0.2, 0) is 27.2 Å². The number of nitrogens with one attached hydrogen (secondary N) is 1. The van der Waals surface area contributed by atoms with E-state index < -0.39 is 0 Å². The fourth-order valence-electron chi connectivity index (χ4n) is 3.71. The summed E-state index contributed by atoms with van der Waals surface area (Å²) in [6.07, 6.45) is 7.91. The minimum absolute atomic E-state index is 0.0632. The van der Waals surface area contributed by atoms with E-state index in [-0.39, 0.29) is 24.4 Å². The van der Waals surface area contributed by atoms with Crippen molar-refractivity contribution in [2.24, 2.45) is 11.8 Å². The number of ether oxygens (including phenoxy) is 1. The number of nitriles is 1. The number of rotatable bonds is 4. The van der Waals surface area contributed by atoms with Gasteiger partial charge in [-0.3, -0.25) is 9.59 Å². The van der Waals surface area contributed by atoms with Crippen molar-refractivity contribution in [1.29, 1.82) is 5.26 Å². The summed E-state index contributed by atoms with van der Waals surface area (Å²) in [6, 6.07) is 2.23. The van der Waals surface area contributed by atoms with Gasteiger partial charge < -0.3 is 10.1 Å². The summed E-state index contributed by atoms with van der Waals surface area (Å²) in [4.78, 5) is 25.4. The lowest BCUT2D eigenvalue weighted by molar-refractivity contribution is -0.152. The Balaban J connectivity index is 1.58. The van der Waals surface area contributed by atoms with Crippen molar-refractivity contribution in [1.82, 2.24) is 0 Å². The average molecular weight is 360 g/mol. The van der Waals surface area contributed by atoms with Crippen LogP contribution in [0, 0.1) is 23.2 Å². The average Bonchev–Trinajstić information content (AvgIpc) is 2.96. The number of hydrogen-bond acceptors (Lipinski definition) is 5. The molecule has 1 aromatic rings. The topological polar surface area (TPSA) is 79.2 Å². The summed E-state index contributed by atoms with van der Waals surface area (Å²) >= 11 is 1.49. The molecule has 2 aliphatic rings. The predicted molar refractivity (Wildman–Crippen MR) is 96.4 cm³/mol. The maximum absolute atomic E-state index is 12.2. The van der Waals surface area contributed by atoms with Crippen molar-refractivity contribution in [3.63, 3.8) is 0 Å². The molecule has 3 rings (SSSR count). The van der Waals surface area contributed by atoms with Gasteiger partial charge in [-0.25, -0.2) is 0 Å². The number of thiophene rings is 1. The first kappa shape index (κ1) is 17.9. The van der Waals surface area contributed by atoms with Gasteiger partial charge in [-0.2, -0.15) is 5.26 Å². The second kappa shape index (κ2) is 8.01. The fraction of sp³-hybridized carbons (Fsp3) is 0.632. The monoisotopic (exact) mass is 360 g/mol. The normalized spacial score (nSPS) is 20.4. The fourth-order valence-corrected chi connectivity index (χ4v) is 5.09. The molecule has 1 amide bonds. The molecule has 1 saturated carbocycles. The van der Waals surface area contributed by atoms with E-state index in [1.54, 1.807) is 0 Å². The quantitative estimate of drug-likeness (QED) is 0.828. The molecular weight excluding hydrogens is 336 g/mol. The zero-order chi connectivity index (χ0) is 17.8. The molecule has 1 atom stereocenters. The van der Waals surface area contributed by atoms with Crippen LogP contribution in [0.3, 0.4) is 0 Å². The van der Waals surface area contributed by atoms with E-state index in [9.17, 15) is 14.9 Å². The number of esters is 1. The SMILES string of the molecule is CC1CCc2c(sc(NC(=O)COC(=O)C3CCCCC3)c2C#N)C1. The first-order chi connectivity index (χ1) is 12.1. The molecule has 0 radical (unpaired) electrons. The Morgan fingerprint density at radius 2 is 2.04 bits per heavy atom. The number of carbonyl (C=O) groups excluding carboxylic acids is 2. The Bertz CT molecular complexity index is 698. The Kier molecular flexibility index (Phi) is 5.74. The van der Waals surface area contributed by atoms with Gasteiger partial charge in [-0.05, 0) is 43.6 Å². The van der Waals surface area contributed by atoms with E-state index in [1.165, 1.54) is 22.6 Å². The van der Waals surface area contributed by atoms with Gasteiger partial charge in [0.25, 0.3) is 5.91 Å². The van der Waals surface area contributed by atoms with Gasteiger partial charge >= 0.3 is 5.97 Å². The van der Waals surface area contributed by atoms with Gasteiger partial charge in [0.15, 0.2) is 6.61 Å². The van der Waals surface area contributed by atoms with Gasteiger partial charge in [0.1, 0.15) is 11.1 Å². The number of anilines is 1. The number of fused-ring (bicyclic) bond motifs is 1. The molecule has 25 heavy (non-hydrogen) atoms. The highest BCUT2D eigenvalue weighted by atomic mass is 32.1. The van der Waals surface area contributed by atoms with Crippen LogP contribution in [0.2, 0.25) is 0 Å². The maximum Gasteiger partial charge on any atom is 0.309 e. The van der Waals surface area contributed by atoms with Crippen molar-refractivity contribution in [2.75, 3.05) is 11.9 Å². The summed E-state index contributed by atoms with van der Waals surface area (Å²) < 4.78 is 5.18. The Hall–Kier alpha value is -1.87. The van der Waals surface area contributed by atoms with E-state index in [2.05, 4.69) is 18.3 Å². The van der Waals surface area contributed by atoms with Crippen LogP contribution in [0.1, 0.15) is 61.5 Å². The molecule has 1 heterocycles. The lowest BCUT2D eigenvalue weighted by Crippen LogP contribution is -2.26. The summed E-state index contributed by atoms with van der Waals surface area (Å²) in [5, 5.41) is 12.8. The van der Waals surface area contributed by atoms with Crippen molar-refractivity contribution < 1.29 is 14.3 Å². The van der Waals surface area contributed by atoms with Gasteiger partial charge in [-0.15, -0.1) is 11.3 Å². The summed E-state index contributed by atoms with van der Waals surface area (Å²) in [5.41, 5.74) is 1.67. The molecule has 0 aromatic carbocycles. The lowest BCUT2D eigenvalue weighted by atomic mass is 9.89. The van der Waals surface area contributed by atoms with E-state index in [4.69, 9.17) is 4.74 Å². The van der Waals surface area contributed by atoms with Crippen LogP contribution in [0.4, 0.5) is 5.00 Å². The first-order valence-corrected chi connectivity index (χ1v) is 9.91. The van der Waals surface area contributed by atoms with Crippen LogP contribution in [-0.4, -0.2) is 18.5 Å². The lowest BCUT2D eigenvalue weighted by Gasteiger charge is -2.19. The third-order valence-corrected chi connectivity index (χ3v) is 6.33. The minimum Gasteiger partial charge on any atom is -0.455 e. The highest BCUT2D eigenvalue weighted by Crippen LogP contribution is 2.39. The molecule has 1 unspecified atom stereocenters.